The molecule has 0 saturated carbocycles. The second-order valence-corrected chi connectivity index (χ2v) is 5.35. The fourth-order valence-electron chi connectivity index (χ4n) is 1.72. The quantitative estimate of drug-likeness (QED) is 0.820. The summed E-state index contributed by atoms with van der Waals surface area (Å²) in [5, 5.41) is 3.58. The van der Waals surface area contributed by atoms with Gasteiger partial charge in [-0.1, -0.05) is 41.4 Å². The third-order valence-electron chi connectivity index (χ3n) is 2.56. The highest BCUT2D eigenvalue weighted by molar-refractivity contribution is 9.10. The van der Waals surface area contributed by atoms with Crippen molar-refractivity contribution in [1.29, 1.82) is 0 Å². The van der Waals surface area contributed by atoms with Crippen LogP contribution < -0.4 is 5.32 Å². The standard InChI is InChI=1S/C14H12BrClFN/c1-9-3-2-4-10(5-9)8-18-14-12(15)6-11(17)7-13(14)16/h2-7,18H,8H2,1H3. The van der Waals surface area contributed by atoms with Crippen LogP contribution in [0.5, 0.6) is 0 Å². The fourth-order valence-corrected chi connectivity index (χ4v) is 2.68. The Morgan fingerprint density at radius 1 is 1.28 bits per heavy atom. The zero-order chi connectivity index (χ0) is 13.1. The monoisotopic (exact) mass is 327 g/mol. The lowest BCUT2D eigenvalue weighted by Gasteiger charge is -2.11. The van der Waals surface area contributed by atoms with Crippen LogP contribution in [0.1, 0.15) is 11.1 Å². The van der Waals surface area contributed by atoms with Crippen molar-refractivity contribution in [1.82, 2.24) is 0 Å². The lowest BCUT2D eigenvalue weighted by molar-refractivity contribution is 0.627. The van der Waals surface area contributed by atoms with Gasteiger partial charge in [0.05, 0.1) is 10.7 Å². The lowest BCUT2D eigenvalue weighted by Crippen LogP contribution is -2.01. The molecule has 0 aliphatic carbocycles. The maximum absolute atomic E-state index is 13.1. The minimum absolute atomic E-state index is 0.354. The van der Waals surface area contributed by atoms with Crippen molar-refractivity contribution in [3.05, 3.63) is 62.8 Å². The average Bonchev–Trinajstić information content (AvgIpc) is 2.27. The Morgan fingerprint density at radius 2 is 2.06 bits per heavy atom. The third-order valence-corrected chi connectivity index (χ3v) is 3.48. The van der Waals surface area contributed by atoms with Crippen molar-refractivity contribution < 1.29 is 4.39 Å². The molecule has 2 rings (SSSR count). The predicted octanol–water partition coefficient (Wildman–Crippen LogP) is 5.16. The summed E-state index contributed by atoms with van der Waals surface area (Å²) >= 11 is 9.30. The van der Waals surface area contributed by atoms with Gasteiger partial charge in [-0.3, -0.25) is 0 Å². The molecule has 0 heterocycles. The Morgan fingerprint density at radius 3 is 2.72 bits per heavy atom. The maximum Gasteiger partial charge on any atom is 0.125 e. The van der Waals surface area contributed by atoms with Crippen LogP contribution in [0.3, 0.4) is 0 Å². The number of hydrogen-bond donors (Lipinski definition) is 1. The van der Waals surface area contributed by atoms with Gasteiger partial charge < -0.3 is 5.32 Å². The van der Waals surface area contributed by atoms with Gasteiger partial charge in [-0.05, 0) is 40.5 Å². The minimum Gasteiger partial charge on any atom is -0.379 e. The number of anilines is 1. The number of aryl methyl sites for hydroxylation is 1. The van der Waals surface area contributed by atoms with E-state index >= 15 is 0 Å². The third kappa shape index (κ3) is 3.24. The molecule has 0 fully saturated rings. The van der Waals surface area contributed by atoms with Crippen molar-refractivity contribution in [2.24, 2.45) is 0 Å². The molecule has 1 nitrogen and oxygen atoms in total. The summed E-state index contributed by atoms with van der Waals surface area (Å²) in [4.78, 5) is 0. The highest BCUT2D eigenvalue weighted by Crippen LogP contribution is 2.32. The van der Waals surface area contributed by atoms with E-state index < -0.39 is 0 Å². The van der Waals surface area contributed by atoms with Gasteiger partial charge >= 0.3 is 0 Å². The molecule has 0 atom stereocenters. The van der Waals surface area contributed by atoms with E-state index in [0.29, 0.717) is 21.7 Å². The van der Waals surface area contributed by atoms with E-state index in [0.717, 1.165) is 5.56 Å². The van der Waals surface area contributed by atoms with Crippen molar-refractivity contribution in [3.63, 3.8) is 0 Å². The number of hydrogen-bond acceptors (Lipinski definition) is 1. The van der Waals surface area contributed by atoms with E-state index in [2.05, 4.69) is 27.3 Å². The first kappa shape index (κ1) is 13.4. The Hall–Kier alpha value is -1.06. The lowest BCUT2D eigenvalue weighted by atomic mass is 10.1. The summed E-state index contributed by atoms with van der Waals surface area (Å²) < 4.78 is 13.7. The fraction of sp³-hybridized carbons (Fsp3) is 0.143. The molecule has 0 radical (unpaired) electrons. The Labute approximate surface area is 119 Å². The van der Waals surface area contributed by atoms with Gasteiger partial charge in [0, 0.05) is 11.0 Å². The normalized spacial score (nSPS) is 10.4. The summed E-state index contributed by atoms with van der Waals surface area (Å²) in [5.74, 6) is -0.354. The number of nitrogens with one attached hydrogen (secondary N) is 1. The summed E-state index contributed by atoms with van der Waals surface area (Å²) in [6.07, 6.45) is 0. The minimum atomic E-state index is -0.354. The van der Waals surface area contributed by atoms with Crippen LogP contribution >= 0.6 is 27.5 Å². The Kier molecular flexibility index (Phi) is 4.25. The van der Waals surface area contributed by atoms with E-state index in [4.69, 9.17) is 11.6 Å². The van der Waals surface area contributed by atoms with Crippen LogP contribution in [0, 0.1) is 12.7 Å². The molecule has 18 heavy (non-hydrogen) atoms. The average molecular weight is 329 g/mol. The Bertz CT molecular complexity index is 548. The molecule has 4 heteroatoms. The van der Waals surface area contributed by atoms with Gasteiger partial charge in [-0.15, -0.1) is 0 Å². The summed E-state index contributed by atoms with van der Waals surface area (Å²) in [6, 6.07) is 10.9. The zero-order valence-electron chi connectivity index (χ0n) is 9.81. The highest BCUT2D eigenvalue weighted by atomic mass is 79.9. The smallest absolute Gasteiger partial charge is 0.125 e. The summed E-state index contributed by atoms with van der Waals surface area (Å²) in [5.41, 5.74) is 3.07. The number of benzene rings is 2. The topological polar surface area (TPSA) is 12.0 Å². The van der Waals surface area contributed by atoms with Gasteiger partial charge in [-0.2, -0.15) is 0 Å². The van der Waals surface area contributed by atoms with Gasteiger partial charge in [0.2, 0.25) is 0 Å². The molecular formula is C14H12BrClFN. The van der Waals surface area contributed by atoms with Gasteiger partial charge in [0.15, 0.2) is 0 Å². The van der Waals surface area contributed by atoms with Crippen LogP contribution in [0.4, 0.5) is 10.1 Å². The molecule has 0 saturated heterocycles. The van der Waals surface area contributed by atoms with Crippen LogP contribution in [-0.2, 0) is 6.54 Å². The molecule has 0 amide bonds. The first-order chi connectivity index (χ1) is 8.56. The highest BCUT2D eigenvalue weighted by Gasteiger charge is 2.07. The molecule has 0 unspecified atom stereocenters. The largest absolute Gasteiger partial charge is 0.379 e. The van der Waals surface area contributed by atoms with Gasteiger partial charge in [0.1, 0.15) is 5.82 Å². The van der Waals surface area contributed by atoms with Crippen LogP contribution in [-0.4, -0.2) is 0 Å². The molecule has 0 aliphatic rings. The molecule has 0 aromatic heterocycles. The second kappa shape index (κ2) is 5.72. The maximum atomic E-state index is 13.1. The van der Waals surface area contributed by atoms with Crippen molar-refractivity contribution in [2.45, 2.75) is 13.5 Å². The summed E-state index contributed by atoms with van der Waals surface area (Å²) in [6.45, 7) is 2.69. The SMILES string of the molecule is Cc1cccc(CNc2c(Cl)cc(F)cc2Br)c1. The van der Waals surface area contributed by atoms with Crippen molar-refractivity contribution >= 4 is 33.2 Å². The number of rotatable bonds is 3. The second-order valence-electron chi connectivity index (χ2n) is 4.09. The molecular weight excluding hydrogens is 317 g/mol. The Balaban J connectivity index is 2.16. The van der Waals surface area contributed by atoms with Gasteiger partial charge in [0.25, 0.3) is 0 Å². The zero-order valence-corrected chi connectivity index (χ0v) is 12.1. The molecule has 94 valence electrons. The first-order valence-corrected chi connectivity index (χ1v) is 6.67. The molecule has 2 aromatic rings. The summed E-state index contributed by atoms with van der Waals surface area (Å²) in [7, 11) is 0. The first-order valence-electron chi connectivity index (χ1n) is 5.50. The van der Waals surface area contributed by atoms with E-state index in [1.807, 2.05) is 25.1 Å². The van der Waals surface area contributed by atoms with Gasteiger partial charge in [-0.25, -0.2) is 4.39 Å². The van der Waals surface area contributed by atoms with Crippen LogP contribution in [0.15, 0.2) is 40.9 Å². The number of halogens is 3. The van der Waals surface area contributed by atoms with Crippen LogP contribution in [0.25, 0.3) is 0 Å². The van der Waals surface area contributed by atoms with Crippen molar-refractivity contribution in [2.75, 3.05) is 5.32 Å². The van der Waals surface area contributed by atoms with Crippen molar-refractivity contribution in [3.8, 4) is 0 Å². The van der Waals surface area contributed by atoms with E-state index in [1.54, 1.807) is 0 Å². The molecule has 1 N–H and O–H groups in total. The van der Waals surface area contributed by atoms with E-state index in [-0.39, 0.29) is 5.82 Å². The molecule has 2 aromatic carbocycles. The predicted molar refractivity (Wildman–Crippen MR) is 77.6 cm³/mol. The van der Waals surface area contributed by atoms with Crippen LogP contribution in [0.2, 0.25) is 5.02 Å². The molecule has 0 aliphatic heterocycles. The molecule has 0 bridgehead atoms. The van der Waals surface area contributed by atoms with E-state index in [9.17, 15) is 4.39 Å². The van der Waals surface area contributed by atoms with E-state index in [1.165, 1.54) is 17.7 Å². The molecule has 0 spiro atoms.